The molecule has 132 valence electrons. The molecule has 0 bridgehead atoms. The Morgan fingerprint density at radius 3 is 2.48 bits per heavy atom. The number of anilines is 3. The third-order valence-corrected chi connectivity index (χ3v) is 3.90. The number of nitrogens with zero attached hydrogens (tertiary/aromatic N) is 3. The quantitative estimate of drug-likeness (QED) is 0.567. The fourth-order valence-electron chi connectivity index (χ4n) is 1.88. The first-order valence-corrected chi connectivity index (χ1v) is 7.89. The summed E-state index contributed by atoms with van der Waals surface area (Å²) in [5, 5.41) is 13.8. The molecule has 11 heteroatoms. The second-order valence-electron chi connectivity index (χ2n) is 4.96. The Morgan fingerprint density at radius 2 is 1.92 bits per heavy atom. The average Bonchev–Trinajstić information content (AvgIpc) is 2.55. The summed E-state index contributed by atoms with van der Waals surface area (Å²) in [5.41, 5.74) is 10.9. The SMILES string of the molecule is CC[C@@H](Nc1nnc(C(N)=O)c(Nc2ccc(Cl)c(Cl)c2)n1)C(N)=O. The zero-order chi connectivity index (χ0) is 18.6. The van der Waals surface area contributed by atoms with E-state index in [2.05, 4.69) is 25.8 Å². The summed E-state index contributed by atoms with van der Waals surface area (Å²) in [5.74, 6) is -1.33. The highest BCUT2D eigenvalue weighted by Gasteiger charge is 2.18. The molecule has 0 aliphatic heterocycles. The Kier molecular flexibility index (Phi) is 5.94. The number of nitrogens with two attached hydrogens (primary N) is 2. The largest absolute Gasteiger partial charge is 0.368 e. The van der Waals surface area contributed by atoms with Crippen LogP contribution in [0.3, 0.4) is 0 Å². The summed E-state index contributed by atoms with van der Waals surface area (Å²) in [4.78, 5) is 27.0. The van der Waals surface area contributed by atoms with Crippen LogP contribution in [0.25, 0.3) is 0 Å². The monoisotopic (exact) mass is 383 g/mol. The van der Waals surface area contributed by atoms with E-state index in [4.69, 9.17) is 34.7 Å². The van der Waals surface area contributed by atoms with Crippen molar-refractivity contribution in [2.24, 2.45) is 11.5 Å². The van der Waals surface area contributed by atoms with Gasteiger partial charge in [0.2, 0.25) is 11.9 Å². The van der Waals surface area contributed by atoms with Crippen molar-refractivity contribution in [2.45, 2.75) is 19.4 Å². The molecular weight excluding hydrogens is 369 g/mol. The van der Waals surface area contributed by atoms with Crippen molar-refractivity contribution in [1.29, 1.82) is 0 Å². The molecular formula is C14H15Cl2N7O2. The second-order valence-corrected chi connectivity index (χ2v) is 5.77. The van der Waals surface area contributed by atoms with Crippen LogP contribution in [0, 0.1) is 0 Å². The molecule has 1 atom stereocenters. The van der Waals surface area contributed by atoms with Gasteiger partial charge in [-0.2, -0.15) is 4.98 Å². The van der Waals surface area contributed by atoms with E-state index in [9.17, 15) is 9.59 Å². The molecule has 2 aromatic rings. The molecule has 0 aliphatic carbocycles. The van der Waals surface area contributed by atoms with E-state index >= 15 is 0 Å². The van der Waals surface area contributed by atoms with Crippen molar-refractivity contribution < 1.29 is 9.59 Å². The Bertz CT molecular complexity index is 816. The number of hydrogen-bond acceptors (Lipinski definition) is 7. The normalized spacial score (nSPS) is 11.6. The minimum Gasteiger partial charge on any atom is -0.368 e. The number of benzene rings is 1. The van der Waals surface area contributed by atoms with E-state index in [-0.39, 0.29) is 17.5 Å². The first kappa shape index (κ1) is 18.7. The molecule has 0 saturated carbocycles. The van der Waals surface area contributed by atoms with Gasteiger partial charge in [-0.1, -0.05) is 30.1 Å². The van der Waals surface area contributed by atoms with Gasteiger partial charge < -0.3 is 22.1 Å². The first-order valence-electron chi connectivity index (χ1n) is 7.14. The van der Waals surface area contributed by atoms with Gasteiger partial charge in [0.15, 0.2) is 11.5 Å². The minimum absolute atomic E-state index is 0.0122. The zero-order valence-electron chi connectivity index (χ0n) is 13.1. The van der Waals surface area contributed by atoms with Gasteiger partial charge in [0.1, 0.15) is 6.04 Å². The van der Waals surface area contributed by atoms with Gasteiger partial charge in [-0.15, -0.1) is 10.2 Å². The zero-order valence-corrected chi connectivity index (χ0v) is 14.6. The van der Waals surface area contributed by atoms with Crippen LogP contribution in [0.5, 0.6) is 0 Å². The average molecular weight is 384 g/mol. The molecule has 0 aliphatic rings. The summed E-state index contributed by atoms with van der Waals surface area (Å²) in [6.07, 6.45) is 0.422. The van der Waals surface area contributed by atoms with Crippen LogP contribution < -0.4 is 22.1 Å². The van der Waals surface area contributed by atoms with Gasteiger partial charge in [-0.25, -0.2) is 0 Å². The number of amides is 2. The van der Waals surface area contributed by atoms with Gasteiger partial charge in [0.05, 0.1) is 10.0 Å². The molecule has 1 aromatic heterocycles. The lowest BCUT2D eigenvalue weighted by molar-refractivity contribution is -0.118. The van der Waals surface area contributed by atoms with E-state index < -0.39 is 17.9 Å². The van der Waals surface area contributed by atoms with Crippen LogP contribution in [0.15, 0.2) is 18.2 Å². The van der Waals surface area contributed by atoms with Crippen molar-refractivity contribution in [1.82, 2.24) is 15.2 Å². The van der Waals surface area contributed by atoms with Crippen molar-refractivity contribution >= 4 is 52.5 Å². The number of halogens is 2. The van der Waals surface area contributed by atoms with Crippen LogP contribution in [-0.4, -0.2) is 33.0 Å². The maximum absolute atomic E-state index is 11.5. The van der Waals surface area contributed by atoms with Crippen LogP contribution in [0.1, 0.15) is 23.8 Å². The van der Waals surface area contributed by atoms with Crippen LogP contribution in [-0.2, 0) is 4.79 Å². The molecule has 25 heavy (non-hydrogen) atoms. The molecule has 0 radical (unpaired) electrons. The van der Waals surface area contributed by atoms with Crippen molar-refractivity contribution in [3.63, 3.8) is 0 Å². The molecule has 2 rings (SSSR count). The maximum Gasteiger partial charge on any atom is 0.273 e. The highest BCUT2D eigenvalue weighted by molar-refractivity contribution is 6.42. The highest BCUT2D eigenvalue weighted by atomic mass is 35.5. The molecule has 6 N–H and O–H groups in total. The number of primary amides is 2. The van der Waals surface area contributed by atoms with Crippen molar-refractivity contribution in [3.8, 4) is 0 Å². The van der Waals surface area contributed by atoms with Crippen molar-refractivity contribution in [3.05, 3.63) is 33.9 Å². The number of carbonyl (C=O) groups excluding carboxylic acids is 2. The van der Waals surface area contributed by atoms with Gasteiger partial charge in [0.25, 0.3) is 5.91 Å². The number of rotatable bonds is 7. The Labute approximate surface area is 153 Å². The van der Waals surface area contributed by atoms with Crippen LogP contribution in [0.2, 0.25) is 10.0 Å². The summed E-state index contributed by atoms with van der Waals surface area (Å²) >= 11 is 11.8. The first-order chi connectivity index (χ1) is 11.8. The van der Waals surface area contributed by atoms with E-state index in [0.717, 1.165) is 0 Å². The lowest BCUT2D eigenvalue weighted by Gasteiger charge is -2.14. The number of nitrogens with one attached hydrogen (secondary N) is 2. The Balaban J connectivity index is 2.36. The summed E-state index contributed by atoms with van der Waals surface area (Å²) in [7, 11) is 0. The third-order valence-electron chi connectivity index (χ3n) is 3.16. The standard InChI is InChI=1S/C14H15Cl2N7O2/c1-2-9(11(17)24)20-14-21-13(10(12(18)25)22-23-14)19-6-3-4-7(15)8(16)5-6/h3-5,9H,2H2,1H3,(H2,17,24)(H2,18,25)(H2,19,20,21,23)/t9-/m1/s1. The molecule has 9 nitrogen and oxygen atoms in total. The van der Waals surface area contributed by atoms with E-state index in [1.54, 1.807) is 25.1 Å². The minimum atomic E-state index is -0.823. The smallest absolute Gasteiger partial charge is 0.273 e. The van der Waals surface area contributed by atoms with E-state index in [1.807, 2.05) is 0 Å². The lowest BCUT2D eigenvalue weighted by Crippen LogP contribution is -2.35. The number of hydrogen-bond donors (Lipinski definition) is 4. The molecule has 0 fully saturated rings. The van der Waals surface area contributed by atoms with E-state index in [1.165, 1.54) is 0 Å². The summed E-state index contributed by atoms with van der Waals surface area (Å²) < 4.78 is 0. The molecule has 2 amide bonds. The van der Waals surface area contributed by atoms with Gasteiger partial charge in [-0.05, 0) is 24.6 Å². The molecule has 0 spiro atoms. The number of carbonyl (C=O) groups is 2. The summed E-state index contributed by atoms with van der Waals surface area (Å²) in [6, 6.07) is 4.07. The molecule has 1 aromatic carbocycles. The highest BCUT2D eigenvalue weighted by Crippen LogP contribution is 2.27. The second kappa shape index (κ2) is 7.95. The van der Waals surface area contributed by atoms with Crippen molar-refractivity contribution in [2.75, 3.05) is 10.6 Å². The Morgan fingerprint density at radius 1 is 1.20 bits per heavy atom. The number of aromatic nitrogens is 3. The molecule has 0 saturated heterocycles. The lowest BCUT2D eigenvalue weighted by atomic mass is 10.2. The third kappa shape index (κ3) is 4.68. The summed E-state index contributed by atoms with van der Waals surface area (Å²) in [6.45, 7) is 1.77. The predicted octanol–water partition coefficient (Wildman–Crippen LogP) is 1.70. The molecule has 1 heterocycles. The van der Waals surface area contributed by atoms with Crippen LogP contribution in [0.4, 0.5) is 17.5 Å². The van der Waals surface area contributed by atoms with Crippen LogP contribution >= 0.6 is 23.2 Å². The van der Waals surface area contributed by atoms with Gasteiger partial charge >= 0.3 is 0 Å². The van der Waals surface area contributed by atoms with Gasteiger partial charge in [0, 0.05) is 5.69 Å². The van der Waals surface area contributed by atoms with E-state index in [0.29, 0.717) is 22.2 Å². The Hall–Kier alpha value is -2.65. The maximum atomic E-state index is 11.5. The predicted molar refractivity (Wildman–Crippen MR) is 95.0 cm³/mol. The fraction of sp³-hybridized carbons (Fsp3) is 0.214. The van der Waals surface area contributed by atoms with Gasteiger partial charge in [-0.3, -0.25) is 9.59 Å². The fourth-order valence-corrected chi connectivity index (χ4v) is 2.18. The molecule has 0 unspecified atom stereocenters. The topological polar surface area (TPSA) is 149 Å².